The van der Waals surface area contributed by atoms with Crippen molar-refractivity contribution in [1.82, 2.24) is 4.90 Å². The first-order valence-corrected chi connectivity index (χ1v) is 10.00. The van der Waals surface area contributed by atoms with E-state index in [1.54, 1.807) is 0 Å². The molecular weight excluding hydrogens is 352 g/mol. The molecule has 4 rings (SSSR count). The molecule has 1 aromatic rings. The van der Waals surface area contributed by atoms with Gasteiger partial charge in [0.25, 0.3) is 0 Å². The van der Waals surface area contributed by atoms with Crippen molar-refractivity contribution in [3.05, 3.63) is 29.3 Å². The molecule has 5 nitrogen and oxygen atoms in total. The molecule has 3 fully saturated rings. The van der Waals surface area contributed by atoms with Crippen molar-refractivity contribution >= 4 is 29.3 Å². The number of nitrogens with zero attached hydrogens (tertiary/aromatic N) is 2. The molecule has 3 atom stereocenters. The van der Waals surface area contributed by atoms with Crippen LogP contribution in [0.2, 0.25) is 5.02 Å². The number of rotatable bonds is 4. The maximum atomic E-state index is 13.0. The molecule has 0 aromatic heterocycles. The molecule has 1 saturated carbocycles. The fourth-order valence-electron chi connectivity index (χ4n) is 4.50. The third-order valence-electron chi connectivity index (χ3n) is 5.82. The Kier molecular flexibility index (Phi) is 4.82. The van der Waals surface area contributed by atoms with Crippen molar-refractivity contribution in [2.75, 3.05) is 11.5 Å². The maximum Gasteiger partial charge on any atom is 0.410 e. The van der Waals surface area contributed by atoms with Gasteiger partial charge in [-0.1, -0.05) is 11.6 Å². The summed E-state index contributed by atoms with van der Waals surface area (Å²) >= 11 is 6.04. The Morgan fingerprint density at radius 2 is 1.73 bits per heavy atom. The SMILES string of the molecule is CCOC(=O)N1[C@@H]2CC[C@H]1CC(N(C(=O)C1CC1)c1ccc(Cl)cc1)C2. The van der Waals surface area contributed by atoms with Gasteiger partial charge in [-0.2, -0.15) is 0 Å². The number of fused-ring (bicyclic) bond motifs is 2. The molecule has 2 aliphatic heterocycles. The highest BCUT2D eigenvalue weighted by Crippen LogP contribution is 2.41. The van der Waals surface area contributed by atoms with Crippen LogP contribution in [0.1, 0.15) is 45.4 Å². The molecule has 2 bridgehead atoms. The van der Waals surface area contributed by atoms with E-state index in [0.717, 1.165) is 44.2 Å². The van der Waals surface area contributed by atoms with Crippen LogP contribution in [0.25, 0.3) is 0 Å². The van der Waals surface area contributed by atoms with Gasteiger partial charge in [0, 0.05) is 34.8 Å². The average molecular weight is 377 g/mol. The van der Waals surface area contributed by atoms with Crippen LogP contribution in [0.3, 0.4) is 0 Å². The highest BCUT2D eigenvalue weighted by Gasteiger charge is 2.47. The first-order chi connectivity index (χ1) is 12.6. The summed E-state index contributed by atoms with van der Waals surface area (Å²) in [5.41, 5.74) is 0.917. The van der Waals surface area contributed by atoms with Gasteiger partial charge in [0.05, 0.1) is 6.61 Å². The molecule has 1 unspecified atom stereocenters. The monoisotopic (exact) mass is 376 g/mol. The Labute approximate surface area is 159 Å². The van der Waals surface area contributed by atoms with Crippen molar-refractivity contribution in [1.29, 1.82) is 0 Å². The molecule has 3 aliphatic rings. The van der Waals surface area contributed by atoms with Crippen molar-refractivity contribution in [3.8, 4) is 0 Å². The number of ether oxygens (including phenoxy) is 1. The van der Waals surface area contributed by atoms with E-state index >= 15 is 0 Å². The van der Waals surface area contributed by atoms with Gasteiger partial charge in [0.1, 0.15) is 0 Å². The van der Waals surface area contributed by atoms with Crippen molar-refractivity contribution < 1.29 is 14.3 Å². The summed E-state index contributed by atoms with van der Waals surface area (Å²) in [5.74, 6) is 0.382. The fourth-order valence-corrected chi connectivity index (χ4v) is 4.63. The number of anilines is 1. The van der Waals surface area contributed by atoms with E-state index < -0.39 is 0 Å². The largest absolute Gasteiger partial charge is 0.450 e. The molecule has 2 heterocycles. The van der Waals surface area contributed by atoms with Crippen LogP contribution in [0.5, 0.6) is 0 Å². The lowest BCUT2D eigenvalue weighted by atomic mass is 9.95. The van der Waals surface area contributed by atoms with E-state index in [9.17, 15) is 9.59 Å². The average Bonchev–Trinajstić information content (AvgIpc) is 3.43. The van der Waals surface area contributed by atoms with Gasteiger partial charge < -0.3 is 14.5 Å². The van der Waals surface area contributed by atoms with E-state index in [1.165, 1.54) is 0 Å². The molecule has 140 valence electrons. The summed E-state index contributed by atoms with van der Waals surface area (Å²) in [4.78, 5) is 29.2. The zero-order valence-electron chi connectivity index (χ0n) is 15.1. The van der Waals surface area contributed by atoms with E-state index in [-0.39, 0.29) is 36.0 Å². The van der Waals surface area contributed by atoms with E-state index in [2.05, 4.69) is 0 Å². The molecule has 26 heavy (non-hydrogen) atoms. The topological polar surface area (TPSA) is 49.9 Å². The van der Waals surface area contributed by atoms with Gasteiger partial charge in [0.15, 0.2) is 0 Å². The predicted octanol–water partition coefficient (Wildman–Crippen LogP) is 4.23. The Hall–Kier alpha value is -1.75. The number of amides is 2. The minimum Gasteiger partial charge on any atom is -0.450 e. The summed E-state index contributed by atoms with van der Waals surface area (Å²) in [5, 5.41) is 0.671. The smallest absolute Gasteiger partial charge is 0.410 e. The normalized spacial score (nSPS) is 27.3. The Bertz CT molecular complexity index is 675. The van der Waals surface area contributed by atoms with Crippen LogP contribution >= 0.6 is 11.6 Å². The predicted molar refractivity (Wildman–Crippen MR) is 100 cm³/mol. The lowest BCUT2D eigenvalue weighted by molar-refractivity contribution is -0.120. The maximum absolute atomic E-state index is 13.0. The second-order valence-electron chi connectivity index (χ2n) is 7.58. The molecule has 0 N–H and O–H groups in total. The second-order valence-corrected chi connectivity index (χ2v) is 8.01. The highest BCUT2D eigenvalue weighted by atomic mass is 35.5. The van der Waals surface area contributed by atoms with Gasteiger partial charge >= 0.3 is 6.09 Å². The summed E-state index contributed by atoms with van der Waals surface area (Å²) in [6.45, 7) is 2.23. The van der Waals surface area contributed by atoms with Crippen LogP contribution in [0.15, 0.2) is 24.3 Å². The lowest BCUT2D eigenvalue weighted by Gasteiger charge is -2.42. The van der Waals surface area contributed by atoms with E-state index in [0.29, 0.717) is 11.6 Å². The molecule has 2 saturated heterocycles. The van der Waals surface area contributed by atoms with Crippen LogP contribution < -0.4 is 4.90 Å². The number of hydrogen-bond donors (Lipinski definition) is 0. The first-order valence-electron chi connectivity index (χ1n) is 9.62. The van der Waals surface area contributed by atoms with Crippen LogP contribution in [0, 0.1) is 5.92 Å². The van der Waals surface area contributed by atoms with Crippen LogP contribution in [-0.2, 0) is 9.53 Å². The third kappa shape index (κ3) is 3.29. The number of hydrogen-bond acceptors (Lipinski definition) is 3. The molecule has 0 radical (unpaired) electrons. The molecule has 1 aromatic carbocycles. The van der Waals surface area contributed by atoms with Gasteiger partial charge in [0.2, 0.25) is 5.91 Å². The molecular formula is C20H25ClN2O3. The minimum atomic E-state index is -0.204. The molecule has 2 amide bonds. The Balaban J connectivity index is 1.57. The highest BCUT2D eigenvalue weighted by molar-refractivity contribution is 6.30. The quantitative estimate of drug-likeness (QED) is 0.789. The number of carbonyl (C=O) groups is 2. The number of piperidine rings is 1. The fraction of sp³-hybridized carbons (Fsp3) is 0.600. The molecule has 6 heteroatoms. The summed E-state index contributed by atoms with van der Waals surface area (Å²) in [6, 6.07) is 8.01. The Morgan fingerprint density at radius 3 is 2.27 bits per heavy atom. The molecule has 0 spiro atoms. The number of benzene rings is 1. The van der Waals surface area contributed by atoms with Gasteiger partial charge in [-0.3, -0.25) is 4.79 Å². The standard InChI is InChI=1S/C20H25ClN2O3/c1-2-26-20(25)23-16-9-10-17(23)12-18(11-16)22(19(24)13-3-4-13)15-7-5-14(21)6-8-15/h5-8,13,16-18H,2-4,9-12H2,1H3/t16-,17+,18?. The number of carbonyl (C=O) groups excluding carboxylic acids is 2. The van der Waals surface area contributed by atoms with E-state index in [1.807, 2.05) is 41.0 Å². The minimum absolute atomic E-state index is 0.132. The van der Waals surface area contributed by atoms with Crippen molar-refractivity contribution in [3.63, 3.8) is 0 Å². The van der Waals surface area contributed by atoms with Gasteiger partial charge in [-0.15, -0.1) is 0 Å². The summed E-state index contributed by atoms with van der Waals surface area (Å²) in [6.07, 6.45) is 5.38. The lowest BCUT2D eigenvalue weighted by Crippen LogP contribution is -2.54. The third-order valence-corrected chi connectivity index (χ3v) is 6.07. The van der Waals surface area contributed by atoms with Crippen LogP contribution in [0.4, 0.5) is 10.5 Å². The first kappa shape index (κ1) is 17.7. The van der Waals surface area contributed by atoms with Gasteiger partial charge in [-0.25, -0.2) is 4.79 Å². The summed E-state index contributed by atoms with van der Waals surface area (Å²) in [7, 11) is 0. The Morgan fingerprint density at radius 1 is 1.12 bits per heavy atom. The second kappa shape index (κ2) is 7.10. The zero-order chi connectivity index (χ0) is 18.3. The summed E-state index contributed by atoms with van der Waals surface area (Å²) < 4.78 is 5.24. The van der Waals surface area contributed by atoms with Crippen molar-refractivity contribution in [2.24, 2.45) is 5.92 Å². The van der Waals surface area contributed by atoms with Crippen LogP contribution in [-0.4, -0.2) is 41.6 Å². The zero-order valence-corrected chi connectivity index (χ0v) is 15.8. The number of halogens is 1. The van der Waals surface area contributed by atoms with E-state index in [4.69, 9.17) is 16.3 Å². The molecule has 1 aliphatic carbocycles. The van der Waals surface area contributed by atoms with Gasteiger partial charge in [-0.05, 0) is 69.7 Å². The van der Waals surface area contributed by atoms with Crippen molar-refractivity contribution in [2.45, 2.75) is 63.6 Å².